The highest BCUT2D eigenvalue weighted by atomic mass is 16.7. The van der Waals surface area contributed by atoms with Crippen molar-refractivity contribution in [2.45, 2.75) is 180 Å². The van der Waals surface area contributed by atoms with Crippen molar-refractivity contribution in [2.24, 2.45) is 35.5 Å². The van der Waals surface area contributed by atoms with Crippen molar-refractivity contribution in [3.8, 4) is 0 Å². The van der Waals surface area contributed by atoms with Crippen molar-refractivity contribution in [1.82, 2.24) is 4.90 Å². The van der Waals surface area contributed by atoms with Gasteiger partial charge in [0.2, 0.25) is 5.79 Å². The molecule has 4 rings (SSSR count). The Bertz CT molecular complexity index is 1920. The maximum Gasteiger partial charge on any atom is 0.329 e. The molecule has 17 heteroatoms. The lowest BCUT2D eigenvalue weighted by atomic mass is 9.78. The number of esters is 1. The van der Waals surface area contributed by atoms with Crippen LogP contribution < -0.4 is 0 Å². The number of methoxy groups -OCH3 is 3. The molecule has 420 valence electrons. The molecule has 0 radical (unpaired) electrons. The number of rotatable bonds is 15. The summed E-state index contributed by atoms with van der Waals surface area (Å²) in [6.45, 7) is 14.3. The van der Waals surface area contributed by atoms with Crippen LogP contribution in [-0.2, 0) is 61.9 Å². The molecular weight excluding hydrogens is 955 g/mol. The van der Waals surface area contributed by atoms with E-state index in [1.54, 1.807) is 27.0 Å². The Labute approximate surface area is 440 Å². The smallest absolute Gasteiger partial charge is 0.329 e. The highest BCUT2D eigenvalue weighted by Gasteiger charge is 2.55. The first-order chi connectivity index (χ1) is 35.3. The molecule has 2 saturated heterocycles. The van der Waals surface area contributed by atoms with E-state index < -0.39 is 83.9 Å². The second-order valence-electron chi connectivity index (χ2n) is 21.3. The van der Waals surface area contributed by atoms with E-state index in [4.69, 9.17) is 43.0 Å². The molecule has 1 aliphatic carbocycles. The molecule has 4 aliphatic rings. The number of piperidine rings is 1. The number of carbonyl (C=O) groups is 5. The second-order valence-corrected chi connectivity index (χ2v) is 21.3. The largest absolute Gasteiger partial charge is 0.460 e. The summed E-state index contributed by atoms with van der Waals surface area (Å²) in [6, 6.07) is -1.12. The number of carbonyl (C=O) groups excluding carboxylic acids is 5. The Morgan fingerprint density at radius 2 is 1.53 bits per heavy atom. The molecule has 0 aromatic rings. The Morgan fingerprint density at radius 3 is 2.22 bits per heavy atom. The molecule has 0 aromatic carbocycles. The lowest BCUT2D eigenvalue weighted by molar-refractivity contribution is -0.277. The van der Waals surface area contributed by atoms with Gasteiger partial charge in [-0.05, 0) is 107 Å². The van der Waals surface area contributed by atoms with Crippen molar-refractivity contribution in [2.75, 3.05) is 67.5 Å². The molecule has 3 aliphatic heterocycles. The first kappa shape index (κ1) is 63.0. The number of ether oxygens (including phenoxy) is 8. The molecule has 15 atom stereocenters. The predicted octanol–water partition coefficient (Wildman–Crippen LogP) is 6.23. The van der Waals surface area contributed by atoms with Crippen molar-refractivity contribution < 1.29 is 77.2 Å². The van der Waals surface area contributed by atoms with E-state index in [0.717, 1.165) is 12.0 Å². The summed E-state index contributed by atoms with van der Waals surface area (Å²) in [6.07, 6.45) is 11.3. The fourth-order valence-corrected chi connectivity index (χ4v) is 11.0. The summed E-state index contributed by atoms with van der Waals surface area (Å²) in [5, 5.41) is 31.1. The zero-order valence-corrected chi connectivity index (χ0v) is 46.1. The highest BCUT2D eigenvalue weighted by molar-refractivity contribution is 6.39. The van der Waals surface area contributed by atoms with Crippen LogP contribution in [0.25, 0.3) is 0 Å². The normalized spacial score (nSPS) is 37.0. The molecule has 1 saturated carbocycles. The number of allylic oxidation sites excluding steroid dienone is 6. The monoisotopic (exact) mass is 1050 g/mol. The van der Waals surface area contributed by atoms with Crippen LogP contribution in [-0.4, -0.2) is 172 Å². The lowest BCUT2D eigenvalue weighted by Gasteiger charge is -2.45. The van der Waals surface area contributed by atoms with Gasteiger partial charge in [-0.1, -0.05) is 71.1 Å². The minimum absolute atomic E-state index is 0.00782. The Balaban J connectivity index is 1.71. The number of aliphatic hydroxyl groups excluding tert-OH is 3. The molecule has 1 amide bonds. The average molecular weight is 1050 g/mol. The number of hydrogen-bond acceptors (Lipinski definition) is 16. The lowest BCUT2D eigenvalue weighted by Crippen LogP contribution is -2.61. The van der Waals surface area contributed by atoms with Crippen LogP contribution in [0.5, 0.6) is 0 Å². The van der Waals surface area contributed by atoms with E-state index in [-0.39, 0.29) is 81.2 Å². The second kappa shape index (κ2) is 31.7. The fraction of sp³-hybridized carbons (Fsp3) is 0.772. The van der Waals surface area contributed by atoms with Gasteiger partial charge in [-0.25, -0.2) is 4.79 Å². The maximum atomic E-state index is 14.8. The van der Waals surface area contributed by atoms with Gasteiger partial charge in [0, 0.05) is 58.5 Å². The van der Waals surface area contributed by atoms with Crippen LogP contribution >= 0.6 is 0 Å². The summed E-state index contributed by atoms with van der Waals surface area (Å²) in [5.41, 5.74) is 1.25. The molecule has 0 spiro atoms. The van der Waals surface area contributed by atoms with Gasteiger partial charge in [0.25, 0.3) is 11.7 Å². The zero-order chi connectivity index (χ0) is 54.5. The molecule has 0 aromatic heterocycles. The molecular formula is C57H91NO16. The summed E-state index contributed by atoms with van der Waals surface area (Å²) < 4.78 is 47.6. The van der Waals surface area contributed by atoms with E-state index in [9.17, 15) is 34.2 Å². The van der Waals surface area contributed by atoms with E-state index >= 15 is 0 Å². The van der Waals surface area contributed by atoms with Crippen LogP contribution in [0.2, 0.25) is 0 Å². The number of aliphatic hydroxyl groups is 3. The fourth-order valence-electron chi connectivity index (χ4n) is 11.0. The highest BCUT2D eigenvalue weighted by Crippen LogP contribution is 2.39. The third-order valence-electron chi connectivity index (χ3n) is 15.6. The van der Waals surface area contributed by atoms with Gasteiger partial charge >= 0.3 is 5.97 Å². The van der Waals surface area contributed by atoms with Gasteiger partial charge in [0.15, 0.2) is 5.78 Å². The van der Waals surface area contributed by atoms with Gasteiger partial charge in [-0.2, -0.15) is 0 Å². The summed E-state index contributed by atoms with van der Waals surface area (Å²) >= 11 is 0. The number of ketones is 3. The van der Waals surface area contributed by atoms with E-state index in [1.807, 2.05) is 65.0 Å². The standard InChI is InChI=1S/C57H91NO16/c1-36-16-12-11-13-17-37(2)48(72-29-28-71-27-26-70-25-24-59)34-44-21-19-42(7)57(69-10,74-44)54(64)55(65)58-23-15-14-18-45(58)56(66)73-49(39(4)32-43-20-22-46(60)50(33-43)67-8)35-47(61)38(3)31-41(6)52(63)53(68-9)51(62)40(5)30-36/h11-13,16-17,31,36,38-40,42-46,48-50,52-53,59-60,63H,14-15,18-30,32-35H2,1-10H3/b13-11+,16-12+,37-17+,41-31+/t36-,38-,39-,40-,42-,43+,44+,45+,46-,48-,49+,50-,52+,53+,57-/m1/s1. The maximum absolute atomic E-state index is 14.8. The van der Waals surface area contributed by atoms with Crippen LogP contribution in [0.4, 0.5) is 0 Å². The molecule has 0 unspecified atom stereocenters. The SMILES string of the molecule is CO[C@@H]1C[C@H](C[C@@H](C)[C@@H]2CC(=O)[C@H](C)/C=C(\C)[C@H](O)[C@@H](OC)C(=O)[C@H](C)C[C@H](C)/C=C/C=C/C=C(\C)[C@H](OCCOCCOCCO)C[C@@H]3CC[C@@H](C)[C@@](OC)(O3)C(=O)C(=O)N3CCCC[C@H]3C(=O)O2)CC[C@H]1O. The average Bonchev–Trinajstić information content (AvgIpc) is 3.38. The predicted molar refractivity (Wildman–Crippen MR) is 278 cm³/mol. The topological polar surface area (TPSA) is 223 Å². The number of fused-ring (bicyclic) bond motifs is 3. The Kier molecular flexibility index (Phi) is 27.0. The van der Waals surface area contributed by atoms with E-state index in [0.29, 0.717) is 76.6 Å². The minimum Gasteiger partial charge on any atom is -0.460 e. The third kappa shape index (κ3) is 18.1. The Hall–Kier alpha value is -3.49. The van der Waals surface area contributed by atoms with Gasteiger partial charge in [0.1, 0.15) is 30.1 Å². The molecule has 2 bridgehead atoms. The van der Waals surface area contributed by atoms with Gasteiger partial charge in [0.05, 0.1) is 64.1 Å². The molecule has 3 fully saturated rings. The number of amides is 1. The van der Waals surface area contributed by atoms with Gasteiger partial charge in [-0.3, -0.25) is 19.2 Å². The number of hydrogen-bond donors (Lipinski definition) is 3. The van der Waals surface area contributed by atoms with Crippen molar-refractivity contribution >= 4 is 29.2 Å². The van der Waals surface area contributed by atoms with Gasteiger partial charge < -0.3 is 58.1 Å². The zero-order valence-electron chi connectivity index (χ0n) is 46.1. The molecule has 3 N–H and O–H groups in total. The number of nitrogens with zero attached hydrogens (tertiary/aromatic N) is 1. The van der Waals surface area contributed by atoms with Crippen molar-refractivity contribution in [3.63, 3.8) is 0 Å². The first-order valence-corrected chi connectivity index (χ1v) is 27.2. The van der Waals surface area contributed by atoms with Crippen LogP contribution in [0, 0.1) is 35.5 Å². The summed E-state index contributed by atoms with van der Waals surface area (Å²) in [4.78, 5) is 73.4. The summed E-state index contributed by atoms with van der Waals surface area (Å²) in [5.74, 6) is -7.00. The van der Waals surface area contributed by atoms with Gasteiger partial charge in [-0.15, -0.1) is 0 Å². The van der Waals surface area contributed by atoms with E-state index in [1.165, 1.54) is 19.1 Å². The van der Waals surface area contributed by atoms with Crippen LogP contribution in [0.3, 0.4) is 0 Å². The van der Waals surface area contributed by atoms with Crippen LogP contribution in [0.1, 0.15) is 126 Å². The number of Topliss-reactive ketones (excluding diaryl/α,β-unsaturated/α-hetero) is 3. The molecule has 74 heavy (non-hydrogen) atoms. The first-order valence-electron chi connectivity index (χ1n) is 27.2. The quantitative estimate of drug-likeness (QED) is 0.0716. The molecule has 3 heterocycles. The van der Waals surface area contributed by atoms with E-state index in [2.05, 4.69) is 0 Å². The Morgan fingerprint density at radius 1 is 0.811 bits per heavy atom. The van der Waals surface area contributed by atoms with Crippen molar-refractivity contribution in [1.29, 1.82) is 0 Å². The minimum atomic E-state index is -1.95. The summed E-state index contributed by atoms with van der Waals surface area (Å²) in [7, 11) is 4.31. The number of cyclic esters (lactones) is 1. The molecule has 17 nitrogen and oxygen atoms in total. The van der Waals surface area contributed by atoms with Crippen LogP contribution in [0.15, 0.2) is 47.6 Å². The van der Waals surface area contributed by atoms with Crippen molar-refractivity contribution in [3.05, 3.63) is 47.6 Å². The third-order valence-corrected chi connectivity index (χ3v) is 15.6.